The van der Waals surface area contributed by atoms with E-state index in [2.05, 4.69) is 71.2 Å². The number of benzene rings is 3. The molecule has 4 aromatic rings. The zero-order valence-electron chi connectivity index (χ0n) is 18.2. The van der Waals surface area contributed by atoms with Crippen molar-refractivity contribution in [2.75, 3.05) is 0 Å². The molecule has 4 rings (SSSR count). The summed E-state index contributed by atoms with van der Waals surface area (Å²) in [5.41, 5.74) is 2.15. The van der Waals surface area contributed by atoms with Crippen molar-refractivity contribution in [2.24, 2.45) is 5.10 Å². The largest absolute Gasteiger partial charge is 0.487 e. The van der Waals surface area contributed by atoms with Crippen molar-refractivity contribution in [1.82, 2.24) is 9.66 Å². The minimum Gasteiger partial charge on any atom is -0.487 e. The van der Waals surface area contributed by atoms with Crippen LogP contribution >= 0.6 is 61.1 Å². The first kappa shape index (κ1) is 25.2. The number of fused-ring (bicyclic) bond motifs is 1. The van der Waals surface area contributed by atoms with Gasteiger partial charge in [0.25, 0.3) is 5.56 Å². The molecule has 9 heteroatoms. The molecule has 0 spiro atoms. The maximum absolute atomic E-state index is 13.2. The number of ether oxygens (including phenoxy) is 1. The van der Waals surface area contributed by atoms with E-state index in [1.165, 1.54) is 16.8 Å². The van der Waals surface area contributed by atoms with Crippen LogP contribution in [-0.2, 0) is 6.61 Å². The van der Waals surface area contributed by atoms with Gasteiger partial charge >= 0.3 is 0 Å². The Morgan fingerprint density at radius 1 is 1.12 bits per heavy atom. The number of hydrogen-bond donors (Lipinski definition) is 0. The molecule has 1 heterocycles. The first-order valence-electron chi connectivity index (χ1n) is 10.4. The zero-order chi connectivity index (χ0) is 24.4. The highest BCUT2D eigenvalue weighted by atomic mass is 127. The predicted octanol–water partition coefficient (Wildman–Crippen LogP) is 7.09. The summed E-state index contributed by atoms with van der Waals surface area (Å²) in [6.45, 7) is 4.31. The molecule has 0 amide bonds. The van der Waals surface area contributed by atoms with Gasteiger partial charge in [0.15, 0.2) is 0 Å². The summed E-state index contributed by atoms with van der Waals surface area (Å²) < 4.78 is 23.1. The van der Waals surface area contributed by atoms with Crippen LogP contribution in [0.1, 0.15) is 36.7 Å². The average molecular weight is 746 g/mol. The molecule has 0 aliphatic carbocycles. The van der Waals surface area contributed by atoms with Crippen LogP contribution in [0, 0.1) is 13.0 Å². The summed E-state index contributed by atoms with van der Waals surface area (Å²) in [6, 6.07) is 15.6. The molecule has 0 fully saturated rings. The molecule has 5 nitrogen and oxygen atoms in total. The van der Waals surface area contributed by atoms with Gasteiger partial charge in [0.2, 0.25) is 0 Å². The highest BCUT2D eigenvalue weighted by Gasteiger charge is 2.14. The van der Waals surface area contributed by atoms with Gasteiger partial charge in [-0.3, -0.25) is 4.79 Å². The number of nitrogens with zero attached hydrogens (tertiary/aromatic N) is 3. The van der Waals surface area contributed by atoms with E-state index in [-0.39, 0.29) is 17.3 Å². The van der Waals surface area contributed by atoms with E-state index in [4.69, 9.17) is 4.74 Å². The standard InChI is InChI=1S/C25H19BrFI2N3O2/c1-14(2)24-31-22-8-5-17(26)11-19(22)25(33)32(24)30-12-16-9-20(28)23(21(29)10-16)34-13-15-3-6-18(27)7-4-15/h3-12,14H,13H2,1-2H3. The zero-order valence-corrected chi connectivity index (χ0v) is 24.1. The van der Waals surface area contributed by atoms with Crippen molar-refractivity contribution < 1.29 is 9.13 Å². The fourth-order valence-corrected chi connectivity index (χ4v) is 5.79. The van der Waals surface area contributed by atoms with Gasteiger partial charge in [0.05, 0.1) is 24.3 Å². The summed E-state index contributed by atoms with van der Waals surface area (Å²) >= 11 is 7.85. The van der Waals surface area contributed by atoms with Crippen LogP contribution in [0.2, 0.25) is 0 Å². The van der Waals surface area contributed by atoms with Gasteiger partial charge in [-0.2, -0.15) is 9.78 Å². The molecule has 0 bridgehead atoms. The Kier molecular flexibility index (Phi) is 8.03. The first-order valence-corrected chi connectivity index (χ1v) is 13.3. The lowest BCUT2D eigenvalue weighted by atomic mass is 10.2. The number of rotatable bonds is 6. The highest BCUT2D eigenvalue weighted by Crippen LogP contribution is 2.29. The molecule has 34 heavy (non-hydrogen) atoms. The number of halogens is 4. The minimum absolute atomic E-state index is 0.0143. The van der Waals surface area contributed by atoms with Crippen LogP contribution in [-0.4, -0.2) is 15.9 Å². The van der Waals surface area contributed by atoms with Crippen LogP contribution in [0.3, 0.4) is 0 Å². The lowest BCUT2D eigenvalue weighted by Gasteiger charge is -2.13. The summed E-state index contributed by atoms with van der Waals surface area (Å²) in [5.74, 6) is 1.09. The number of hydrogen-bond acceptors (Lipinski definition) is 4. The molecule has 0 saturated heterocycles. The van der Waals surface area contributed by atoms with Crippen LogP contribution in [0.5, 0.6) is 5.75 Å². The topological polar surface area (TPSA) is 56.5 Å². The minimum atomic E-state index is -0.273. The van der Waals surface area contributed by atoms with Gasteiger partial charge in [-0.05, 0) is 98.8 Å². The van der Waals surface area contributed by atoms with Crippen LogP contribution in [0.25, 0.3) is 10.9 Å². The fourth-order valence-electron chi connectivity index (χ4n) is 3.30. The van der Waals surface area contributed by atoms with E-state index in [1.54, 1.807) is 24.4 Å². The third kappa shape index (κ3) is 5.68. The second-order valence-electron chi connectivity index (χ2n) is 7.88. The monoisotopic (exact) mass is 745 g/mol. The van der Waals surface area contributed by atoms with Crippen LogP contribution < -0.4 is 10.3 Å². The predicted molar refractivity (Wildman–Crippen MR) is 153 cm³/mol. The first-order chi connectivity index (χ1) is 16.2. The lowest BCUT2D eigenvalue weighted by Crippen LogP contribution is -2.23. The maximum atomic E-state index is 13.2. The van der Waals surface area contributed by atoms with Gasteiger partial charge in [-0.25, -0.2) is 9.37 Å². The number of aromatic nitrogens is 2. The van der Waals surface area contributed by atoms with Gasteiger partial charge in [-0.1, -0.05) is 41.9 Å². The Labute approximate surface area is 231 Å². The van der Waals surface area contributed by atoms with Gasteiger partial charge in [0.1, 0.15) is 24.0 Å². The third-order valence-electron chi connectivity index (χ3n) is 4.99. The Hall–Kier alpha value is -1.86. The smallest absolute Gasteiger partial charge is 0.282 e. The molecular formula is C25H19BrFI2N3O2. The normalized spacial score (nSPS) is 11.6. The second kappa shape index (κ2) is 10.8. The maximum Gasteiger partial charge on any atom is 0.282 e. The SMILES string of the molecule is CC(C)c1nc2ccc(Br)cc2c(=O)n1N=Cc1cc(I)c(OCc2ccc(F)cc2)c(I)c1. The quantitative estimate of drug-likeness (QED) is 0.157. The Morgan fingerprint density at radius 3 is 2.44 bits per heavy atom. The fraction of sp³-hybridized carbons (Fsp3) is 0.160. The van der Waals surface area contributed by atoms with E-state index >= 15 is 0 Å². The van der Waals surface area contributed by atoms with Crippen molar-refractivity contribution in [3.63, 3.8) is 0 Å². The Bertz CT molecular complexity index is 1430. The Morgan fingerprint density at radius 2 is 1.79 bits per heavy atom. The van der Waals surface area contributed by atoms with E-state index in [0.717, 1.165) is 28.5 Å². The summed E-state index contributed by atoms with van der Waals surface area (Å²) in [5, 5.41) is 5.01. The molecule has 0 saturated carbocycles. The molecule has 174 valence electrons. The van der Waals surface area contributed by atoms with Crippen LogP contribution in [0.4, 0.5) is 4.39 Å². The summed E-state index contributed by atoms with van der Waals surface area (Å²) in [6.07, 6.45) is 1.66. The van der Waals surface area contributed by atoms with E-state index in [0.29, 0.717) is 23.3 Å². The van der Waals surface area contributed by atoms with Gasteiger partial charge in [-0.15, -0.1) is 0 Å². The van der Waals surface area contributed by atoms with Crippen molar-refractivity contribution in [3.05, 3.63) is 99.3 Å². The average Bonchev–Trinajstić information content (AvgIpc) is 2.79. The highest BCUT2D eigenvalue weighted by molar-refractivity contribution is 14.1. The molecule has 3 aromatic carbocycles. The lowest BCUT2D eigenvalue weighted by molar-refractivity contribution is 0.301. The summed E-state index contributed by atoms with van der Waals surface area (Å²) in [4.78, 5) is 17.9. The molecule has 0 atom stereocenters. The van der Waals surface area contributed by atoms with Crippen molar-refractivity contribution in [2.45, 2.75) is 26.4 Å². The Balaban J connectivity index is 1.65. The molecule has 0 aliphatic heterocycles. The second-order valence-corrected chi connectivity index (χ2v) is 11.1. The van der Waals surface area contributed by atoms with E-state index in [1.807, 2.05) is 38.1 Å². The van der Waals surface area contributed by atoms with Crippen molar-refractivity contribution >= 4 is 78.2 Å². The van der Waals surface area contributed by atoms with Crippen molar-refractivity contribution in [3.8, 4) is 5.75 Å². The third-order valence-corrected chi connectivity index (χ3v) is 7.08. The van der Waals surface area contributed by atoms with Crippen LogP contribution in [0.15, 0.2) is 69.0 Å². The van der Waals surface area contributed by atoms with E-state index in [9.17, 15) is 9.18 Å². The van der Waals surface area contributed by atoms with E-state index < -0.39 is 0 Å². The van der Waals surface area contributed by atoms with Gasteiger partial charge < -0.3 is 4.74 Å². The molecule has 0 unspecified atom stereocenters. The van der Waals surface area contributed by atoms with Crippen molar-refractivity contribution in [1.29, 1.82) is 0 Å². The molecule has 0 radical (unpaired) electrons. The molecular weight excluding hydrogens is 727 g/mol. The van der Waals surface area contributed by atoms with Gasteiger partial charge in [0, 0.05) is 10.4 Å². The molecule has 0 N–H and O–H groups in total. The summed E-state index contributed by atoms with van der Waals surface area (Å²) in [7, 11) is 0. The molecule has 0 aliphatic rings. The molecule has 1 aromatic heterocycles.